The van der Waals surface area contributed by atoms with Crippen LogP contribution in [0.1, 0.15) is 5.56 Å². The molecular formula is C12H12BrN. The molecule has 1 heterocycles. The van der Waals surface area contributed by atoms with Gasteiger partial charge in [-0.3, -0.25) is 0 Å². The second-order valence-corrected chi connectivity index (χ2v) is 3.82. The van der Waals surface area contributed by atoms with Gasteiger partial charge in [-0.05, 0) is 17.2 Å². The van der Waals surface area contributed by atoms with E-state index >= 15 is 0 Å². The van der Waals surface area contributed by atoms with Gasteiger partial charge >= 0.3 is 0 Å². The molecule has 1 aliphatic rings. The molecule has 0 spiro atoms. The largest absolute Gasteiger partial charge is 0.381 e. The van der Waals surface area contributed by atoms with E-state index in [1.807, 2.05) is 6.07 Å². The SMILES string of the molecule is BrCC1=CC=C(c2ccccc2)NC1. The number of hydrogen-bond acceptors (Lipinski definition) is 1. The van der Waals surface area contributed by atoms with Crippen LogP contribution < -0.4 is 5.32 Å². The van der Waals surface area contributed by atoms with E-state index < -0.39 is 0 Å². The highest BCUT2D eigenvalue weighted by atomic mass is 79.9. The molecule has 0 aromatic heterocycles. The summed E-state index contributed by atoms with van der Waals surface area (Å²) in [7, 11) is 0. The second kappa shape index (κ2) is 4.47. The highest BCUT2D eigenvalue weighted by molar-refractivity contribution is 9.09. The van der Waals surface area contributed by atoms with Crippen LogP contribution in [-0.2, 0) is 0 Å². The third-order valence-corrected chi connectivity index (χ3v) is 2.97. The summed E-state index contributed by atoms with van der Waals surface area (Å²) >= 11 is 3.45. The van der Waals surface area contributed by atoms with E-state index in [9.17, 15) is 0 Å². The normalized spacial score (nSPS) is 15.5. The van der Waals surface area contributed by atoms with Crippen molar-refractivity contribution >= 4 is 21.6 Å². The molecule has 0 unspecified atom stereocenters. The molecule has 1 aromatic rings. The van der Waals surface area contributed by atoms with Gasteiger partial charge in [-0.2, -0.15) is 0 Å². The quantitative estimate of drug-likeness (QED) is 0.796. The molecule has 1 aliphatic heterocycles. The van der Waals surface area contributed by atoms with E-state index in [1.54, 1.807) is 0 Å². The summed E-state index contributed by atoms with van der Waals surface area (Å²) < 4.78 is 0. The average molecular weight is 250 g/mol. The molecule has 0 saturated heterocycles. The lowest BCUT2D eigenvalue weighted by Crippen LogP contribution is -2.19. The molecule has 0 fully saturated rings. The number of allylic oxidation sites excluding steroid dienone is 2. The molecule has 0 amide bonds. The van der Waals surface area contributed by atoms with Gasteiger partial charge in [0.05, 0.1) is 0 Å². The maximum Gasteiger partial charge on any atom is 0.0416 e. The highest BCUT2D eigenvalue weighted by Gasteiger charge is 2.05. The van der Waals surface area contributed by atoms with Crippen LogP contribution in [0.4, 0.5) is 0 Å². The van der Waals surface area contributed by atoms with Crippen molar-refractivity contribution in [2.75, 3.05) is 11.9 Å². The lowest BCUT2D eigenvalue weighted by atomic mass is 10.1. The van der Waals surface area contributed by atoms with Gasteiger partial charge in [0.2, 0.25) is 0 Å². The number of benzene rings is 1. The number of halogens is 1. The van der Waals surface area contributed by atoms with Crippen molar-refractivity contribution in [1.82, 2.24) is 5.32 Å². The summed E-state index contributed by atoms with van der Waals surface area (Å²) in [5.41, 5.74) is 3.83. The van der Waals surface area contributed by atoms with E-state index in [1.165, 1.54) is 16.8 Å². The minimum absolute atomic E-state index is 0.936. The Morgan fingerprint density at radius 3 is 2.50 bits per heavy atom. The van der Waals surface area contributed by atoms with Crippen molar-refractivity contribution in [2.24, 2.45) is 0 Å². The fourth-order valence-electron chi connectivity index (χ4n) is 1.44. The predicted molar refractivity (Wildman–Crippen MR) is 64.3 cm³/mol. The average Bonchev–Trinajstić information content (AvgIpc) is 2.30. The zero-order valence-corrected chi connectivity index (χ0v) is 9.42. The molecule has 0 saturated carbocycles. The molecule has 0 aliphatic carbocycles. The van der Waals surface area contributed by atoms with E-state index in [0.717, 1.165) is 11.9 Å². The molecule has 0 radical (unpaired) electrons. The second-order valence-electron chi connectivity index (χ2n) is 3.26. The fourth-order valence-corrected chi connectivity index (χ4v) is 1.82. The van der Waals surface area contributed by atoms with Crippen molar-refractivity contribution in [3.8, 4) is 0 Å². The Hall–Kier alpha value is -1.02. The summed E-state index contributed by atoms with van der Waals surface area (Å²) in [6.45, 7) is 0.936. The minimum atomic E-state index is 0.936. The topological polar surface area (TPSA) is 12.0 Å². The summed E-state index contributed by atoms with van der Waals surface area (Å²) in [5.74, 6) is 0. The molecule has 1 N–H and O–H groups in total. The number of dihydropyridines is 1. The Labute approximate surface area is 92.7 Å². The molecule has 1 aromatic carbocycles. The number of alkyl halides is 1. The van der Waals surface area contributed by atoms with Crippen LogP contribution in [0.15, 0.2) is 48.1 Å². The molecule has 72 valence electrons. The fraction of sp³-hybridized carbons (Fsp3) is 0.167. The monoisotopic (exact) mass is 249 g/mol. The van der Waals surface area contributed by atoms with Gasteiger partial charge in [-0.25, -0.2) is 0 Å². The number of rotatable bonds is 2. The Morgan fingerprint density at radius 2 is 1.93 bits per heavy atom. The van der Waals surface area contributed by atoms with Gasteiger partial charge in [-0.15, -0.1) is 0 Å². The highest BCUT2D eigenvalue weighted by Crippen LogP contribution is 2.15. The van der Waals surface area contributed by atoms with E-state index in [0.29, 0.717) is 0 Å². The van der Waals surface area contributed by atoms with Gasteiger partial charge in [-0.1, -0.05) is 52.3 Å². The first-order valence-electron chi connectivity index (χ1n) is 4.65. The zero-order chi connectivity index (χ0) is 9.80. The van der Waals surface area contributed by atoms with E-state index in [2.05, 4.69) is 57.7 Å². The molecule has 0 atom stereocenters. The van der Waals surface area contributed by atoms with Crippen LogP contribution in [0.2, 0.25) is 0 Å². The molecular weight excluding hydrogens is 238 g/mol. The van der Waals surface area contributed by atoms with E-state index in [-0.39, 0.29) is 0 Å². The van der Waals surface area contributed by atoms with Crippen molar-refractivity contribution in [2.45, 2.75) is 0 Å². The van der Waals surface area contributed by atoms with Crippen LogP contribution >= 0.6 is 15.9 Å². The molecule has 14 heavy (non-hydrogen) atoms. The van der Waals surface area contributed by atoms with Gasteiger partial charge in [0.1, 0.15) is 0 Å². The summed E-state index contributed by atoms with van der Waals surface area (Å²) in [6, 6.07) is 10.4. The summed E-state index contributed by atoms with van der Waals surface area (Å²) in [5, 5.41) is 4.34. The summed E-state index contributed by atoms with van der Waals surface area (Å²) in [4.78, 5) is 0. The van der Waals surface area contributed by atoms with Crippen LogP contribution in [0.3, 0.4) is 0 Å². The van der Waals surface area contributed by atoms with Crippen LogP contribution in [0, 0.1) is 0 Å². The van der Waals surface area contributed by atoms with Crippen LogP contribution in [0.5, 0.6) is 0 Å². The maximum atomic E-state index is 3.45. The first kappa shape index (κ1) is 9.53. The first-order valence-corrected chi connectivity index (χ1v) is 5.77. The number of nitrogens with one attached hydrogen (secondary N) is 1. The molecule has 0 bridgehead atoms. The lowest BCUT2D eigenvalue weighted by molar-refractivity contribution is 0.946. The maximum absolute atomic E-state index is 3.45. The number of hydrogen-bond donors (Lipinski definition) is 1. The molecule has 2 rings (SSSR count). The predicted octanol–water partition coefficient (Wildman–Crippen LogP) is 2.95. The third kappa shape index (κ3) is 2.07. The van der Waals surface area contributed by atoms with Crippen molar-refractivity contribution in [1.29, 1.82) is 0 Å². The van der Waals surface area contributed by atoms with Crippen LogP contribution in [0.25, 0.3) is 5.70 Å². The minimum Gasteiger partial charge on any atom is -0.381 e. The van der Waals surface area contributed by atoms with Gasteiger partial charge in [0.15, 0.2) is 0 Å². The van der Waals surface area contributed by atoms with Gasteiger partial charge < -0.3 is 5.32 Å². The lowest BCUT2D eigenvalue weighted by Gasteiger charge is -2.16. The van der Waals surface area contributed by atoms with E-state index in [4.69, 9.17) is 0 Å². The zero-order valence-electron chi connectivity index (χ0n) is 7.83. The molecule has 1 nitrogen and oxygen atoms in total. The van der Waals surface area contributed by atoms with Crippen LogP contribution in [-0.4, -0.2) is 11.9 Å². The standard InChI is InChI=1S/C12H12BrN/c13-8-10-6-7-12(14-9-10)11-4-2-1-3-5-11/h1-7,14H,8-9H2. The smallest absolute Gasteiger partial charge is 0.0416 e. The summed E-state index contributed by atoms with van der Waals surface area (Å²) in [6.07, 6.45) is 4.31. The van der Waals surface area contributed by atoms with Gasteiger partial charge in [0, 0.05) is 17.6 Å². The Morgan fingerprint density at radius 1 is 1.14 bits per heavy atom. The Balaban J connectivity index is 2.22. The van der Waals surface area contributed by atoms with Crippen molar-refractivity contribution < 1.29 is 0 Å². The Kier molecular flexibility index (Phi) is 3.04. The Bertz CT molecular complexity index is 365. The van der Waals surface area contributed by atoms with Crippen molar-refractivity contribution in [3.05, 3.63) is 53.6 Å². The van der Waals surface area contributed by atoms with Gasteiger partial charge in [0.25, 0.3) is 0 Å². The molecule has 2 heteroatoms. The first-order chi connectivity index (χ1) is 6.90. The van der Waals surface area contributed by atoms with Crippen molar-refractivity contribution in [3.63, 3.8) is 0 Å². The third-order valence-electron chi connectivity index (χ3n) is 2.25.